The van der Waals surface area contributed by atoms with E-state index in [0.29, 0.717) is 10.9 Å². The molecule has 0 saturated carbocycles. The molecule has 1 aromatic carbocycles. The zero-order valence-electron chi connectivity index (χ0n) is 10.3. The molecular weight excluding hydrogens is 276 g/mol. The second-order valence-electron chi connectivity index (χ2n) is 3.93. The van der Waals surface area contributed by atoms with Crippen LogP contribution in [0.15, 0.2) is 46.9 Å². The second kappa shape index (κ2) is 5.66. The third kappa shape index (κ3) is 2.91. The van der Waals surface area contributed by atoms with Gasteiger partial charge in [-0.2, -0.15) is 5.10 Å². The number of carbonyl (C=O) groups is 1. The summed E-state index contributed by atoms with van der Waals surface area (Å²) in [5.41, 5.74) is 1.83. The number of hydrogen-bond donors (Lipinski definition) is 1. The normalized spacial score (nSPS) is 17.0. The summed E-state index contributed by atoms with van der Waals surface area (Å²) in [6, 6.07) is 7.63. The molecule has 7 nitrogen and oxygen atoms in total. The Labute approximate surface area is 118 Å². The summed E-state index contributed by atoms with van der Waals surface area (Å²) in [5.74, 6) is 0.363. The average Bonchev–Trinajstić information content (AvgIpc) is 3.11. The summed E-state index contributed by atoms with van der Waals surface area (Å²) < 4.78 is 1.67. The standard InChI is InChI=1S/C12H10N6OS/c19-11-8-20-12(15-11)16-14-7-9-1-3-10(4-2-9)18-6-5-13-17-18/h1-7H,8H2,(H,15,16,19). The van der Waals surface area contributed by atoms with E-state index in [4.69, 9.17) is 0 Å². The predicted octanol–water partition coefficient (Wildman–Crippen LogP) is 0.820. The Morgan fingerprint density at radius 2 is 2.20 bits per heavy atom. The first-order valence-corrected chi connectivity index (χ1v) is 6.80. The van der Waals surface area contributed by atoms with Crippen LogP contribution in [-0.4, -0.2) is 38.0 Å². The summed E-state index contributed by atoms with van der Waals surface area (Å²) in [6.07, 6.45) is 5.03. The fourth-order valence-corrected chi connectivity index (χ4v) is 2.22. The molecule has 0 radical (unpaired) electrons. The van der Waals surface area contributed by atoms with Crippen molar-refractivity contribution in [2.45, 2.75) is 0 Å². The van der Waals surface area contributed by atoms with Gasteiger partial charge in [0.1, 0.15) is 0 Å². The molecule has 20 heavy (non-hydrogen) atoms. The van der Waals surface area contributed by atoms with Crippen LogP contribution in [0.1, 0.15) is 5.56 Å². The van der Waals surface area contributed by atoms with E-state index in [-0.39, 0.29) is 5.91 Å². The van der Waals surface area contributed by atoms with Crippen LogP contribution in [0, 0.1) is 0 Å². The Bertz CT molecular complexity index is 662. The van der Waals surface area contributed by atoms with Crippen LogP contribution in [0.2, 0.25) is 0 Å². The minimum Gasteiger partial charge on any atom is -0.303 e. The van der Waals surface area contributed by atoms with E-state index < -0.39 is 0 Å². The van der Waals surface area contributed by atoms with Crippen molar-refractivity contribution in [3.8, 4) is 5.69 Å². The Morgan fingerprint density at radius 1 is 1.35 bits per heavy atom. The maximum atomic E-state index is 11.0. The van der Waals surface area contributed by atoms with E-state index in [9.17, 15) is 4.79 Å². The molecule has 3 rings (SSSR count). The van der Waals surface area contributed by atoms with Gasteiger partial charge in [0.05, 0.1) is 30.0 Å². The molecule has 1 N–H and O–H groups in total. The van der Waals surface area contributed by atoms with Gasteiger partial charge in [0, 0.05) is 0 Å². The van der Waals surface area contributed by atoms with Crippen molar-refractivity contribution in [2.24, 2.45) is 10.2 Å². The molecule has 100 valence electrons. The molecular formula is C12H10N6OS. The maximum Gasteiger partial charge on any atom is 0.236 e. The third-order valence-corrected chi connectivity index (χ3v) is 3.39. The fraction of sp³-hybridized carbons (Fsp3) is 0.0833. The SMILES string of the molecule is O=C1CSC(=NN=Cc2ccc(-n3ccnn3)cc2)N1. The van der Waals surface area contributed by atoms with Gasteiger partial charge in [-0.1, -0.05) is 29.1 Å². The molecule has 8 heteroatoms. The predicted molar refractivity (Wildman–Crippen MR) is 77.0 cm³/mol. The molecule has 1 amide bonds. The fourth-order valence-electron chi connectivity index (χ4n) is 1.59. The molecule has 0 atom stereocenters. The Balaban J connectivity index is 1.68. The van der Waals surface area contributed by atoms with Crippen LogP contribution in [-0.2, 0) is 4.79 Å². The number of aromatic nitrogens is 3. The lowest BCUT2D eigenvalue weighted by molar-refractivity contribution is -0.116. The highest BCUT2D eigenvalue weighted by molar-refractivity contribution is 8.15. The van der Waals surface area contributed by atoms with Gasteiger partial charge in [-0.25, -0.2) is 4.68 Å². The number of thioether (sulfide) groups is 1. The van der Waals surface area contributed by atoms with Gasteiger partial charge in [-0.3, -0.25) is 4.79 Å². The summed E-state index contributed by atoms with van der Waals surface area (Å²) in [4.78, 5) is 11.0. The van der Waals surface area contributed by atoms with Crippen LogP contribution in [0.5, 0.6) is 0 Å². The lowest BCUT2D eigenvalue weighted by Gasteiger charge is -1.99. The second-order valence-corrected chi connectivity index (χ2v) is 4.89. The monoisotopic (exact) mass is 286 g/mol. The molecule has 2 heterocycles. The van der Waals surface area contributed by atoms with E-state index in [0.717, 1.165) is 11.3 Å². The highest BCUT2D eigenvalue weighted by atomic mass is 32.2. The van der Waals surface area contributed by atoms with Gasteiger partial charge in [0.15, 0.2) is 5.17 Å². The van der Waals surface area contributed by atoms with E-state index in [1.165, 1.54) is 11.8 Å². The molecule has 1 saturated heterocycles. The van der Waals surface area contributed by atoms with Gasteiger partial charge < -0.3 is 5.32 Å². The number of nitrogens with one attached hydrogen (secondary N) is 1. The number of nitrogens with zero attached hydrogens (tertiary/aromatic N) is 5. The maximum absolute atomic E-state index is 11.0. The minimum absolute atomic E-state index is 0.0406. The van der Waals surface area contributed by atoms with Crippen molar-refractivity contribution in [2.75, 3.05) is 5.75 Å². The number of amides is 1. The number of hydrogen-bond acceptors (Lipinski definition) is 6. The molecule has 1 aromatic heterocycles. The number of carbonyl (C=O) groups excluding carboxylic acids is 1. The minimum atomic E-state index is -0.0406. The van der Waals surface area contributed by atoms with Gasteiger partial charge in [0.2, 0.25) is 5.91 Å². The van der Waals surface area contributed by atoms with Crippen molar-refractivity contribution in [3.63, 3.8) is 0 Å². The van der Waals surface area contributed by atoms with Crippen LogP contribution in [0.4, 0.5) is 0 Å². The first kappa shape index (κ1) is 12.5. The first-order valence-electron chi connectivity index (χ1n) is 5.82. The lowest BCUT2D eigenvalue weighted by atomic mass is 10.2. The molecule has 0 unspecified atom stereocenters. The van der Waals surface area contributed by atoms with Crippen molar-refractivity contribution in [1.82, 2.24) is 20.3 Å². The highest BCUT2D eigenvalue weighted by Crippen LogP contribution is 2.09. The number of benzene rings is 1. The zero-order chi connectivity index (χ0) is 13.8. The molecule has 1 aliphatic rings. The highest BCUT2D eigenvalue weighted by Gasteiger charge is 2.15. The van der Waals surface area contributed by atoms with E-state index in [1.54, 1.807) is 23.3 Å². The summed E-state index contributed by atoms with van der Waals surface area (Å²) >= 11 is 1.34. The van der Waals surface area contributed by atoms with Crippen molar-refractivity contribution in [3.05, 3.63) is 42.2 Å². The number of amidine groups is 1. The van der Waals surface area contributed by atoms with Crippen molar-refractivity contribution >= 4 is 29.1 Å². The first-order chi connectivity index (χ1) is 9.81. The topological polar surface area (TPSA) is 84.5 Å². The largest absolute Gasteiger partial charge is 0.303 e. The molecule has 0 aliphatic carbocycles. The van der Waals surface area contributed by atoms with Gasteiger partial charge >= 0.3 is 0 Å². The Kier molecular flexibility index (Phi) is 3.55. The van der Waals surface area contributed by atoms with E-state index in [1.807, 2.05) is 24.3 Å². The molecule has 0 spiro atoms. The van der Waals surface area contributed by atoms with Crippen molar-refractivity contribution in [1.29, 1.82) is 0 Å². The molecule has 1 fully saturated rings. The van der Waals surface area contributed by atoms with Gasteiger partial charge in [0.25, 0.3) is 0 Å². The van der Waals surface area contributed by atoms with Crippen molar-refractivity contribution < 1.29 is 4.79 Å². The lowest BCUT2D eigenvalue weighted by Crippen LogP contribution is -2.19. The quantitative estimate of drug-likeness (QED) is 0.668. The van der Waals surface area contributed by atoms with Crippen LogP contribution < -0.4 is 5.32 Å². The summed E-state index contributed by atoms with van der Waals surface area (Å²) in [6.45, 7) is 0. The smallest absolute Gasteiger partial charge is 0.236 e. The van der Waals surface area contributed by atoms with Crippen LogP contribution >= 0.6 is 11.8 Å². The molecule has 0 bridgehead atoms. The molecule has 1 aliphatic heterocycles. The molecule has 2 aromatic rings. The van der Waals surface area contributed by atoms with Crippen LogP contribution in [0.25, 0.3) is 5.69 Å². The van der Waals surface area contributed by atoms with Crippen LogP contribution in [0.3, 0.4) is 0 Å². The summed E-state index contributed by atoms with van der Waals surface area (Å²) in [5, 5.41) is 18.7. The Hall–Kier alpha value is -2.48. The van der Waals surface area contributed by atoms with Gasteiger partial charge in [-0.15, -0.1) is 10.2 Å². The van der Waals surface area contributed by atoms with Gasteiger partial charge in [-0.05, 0) is 17.7 Å². The third-order valence-electron chi connectivity index (χ3n) is 2.52. The van der Waals surface area contributed by atoms with E-state index >= 15 is 0 Å². The zero-order valence-corrected chi connectivity index (χ0v) is 11.1. The summed E-state index contributed by atoms with van der Waals surface area (Å²) in [7, 11) is 0. The van der Waals surface area contributed by atoms with E-state index in [2.05, 4.69) is 25.8 Å². The Morgan fingerprint density at radius 3 is 2.85 bits per heavy atom. The number of rotatable bonds is 3. The average molecular weight is 286 g/mol.